The summed E-state index contributed by atoms with van der Waals surface area (Å²) in [6, 6.07) is 13.1. The average molecular weight is 384 g/mol. The van der Waals surface area contributed by atoms with Crippen molar-refractivity contribution in [1.82, 2.24) is 9.71 Å². The molecule has 3 aromatic rings. The minimum absolute atomic E-state index is 0.277. The Balaban J connectivity index is 1.66. The number of aryl methyl sites for hydroxylation is 4. The van der Waals surface area contributed by atoms with E-state index in [-0.39, 0.29) is 11.4 Å². The van der Waals surface area contributed by atoms with Crippen molar-refractivity contribution in [3.8, 4) is 0 Å². The van der Waals surface area contributed by atoms with Crippen LogP contribution in [0.1, 0.15) is 22.3 Å². The maximum Gasteiger partial charge on any atom is 0.240 e. The number of sulfonamides is 1. The molecule has 2 N–H and O–H groups in total. The van der Waals surface area contributed by atoms with Gasteiger partial charge in [0.15, 0.2) is 0 Å². The van der Waals surface area contributed by atoms with E-state index in [0.29, 0.717) is 6.54 Å². The molecule has 1 heterocycles. The highest BCUT2D eigenvalue weighted by molar-refractivity contribution is 7.89. The number of pyridine rings is 1. The third kappa shape index (κ3) is 4.46. The molecule has 0 unspecified atom stereocenters. The number of anilines is 1. The first-order valence-electron chi connectivity index (χ1n) is 8.95. The maximum absolute atomic E-state index is 12.3. The zero-order valence-corrected chi connectivity index (χ0v) is 16.9. The van der Waals surface area contributed by atoms with Crippen LogP contribution in [0.25, 0.3) is 10.9 Å². The summed E-state index contributed by atoms with van der Waals surface area (Å²) in [6.07, 6.45) is 0. The summed E-state index contributed by atoms with van der Waals surface area (Å²) in [5, 5.41) is 4.35. The molecule has 5 nitrogen and oxygen atoms in total. The highest BCUT2D eigenvalue weighted by Crippen LogP contribution is 2.22. The molecule has 0 saturated heterocycles. The molecule has 142 valence electrons. The first-order chi connectivity index (χ1) is 12.8. The quantitative estimate of drug-likeness (QED) is 0.634. The number of fused-ring (bicyclic) bond motifs is 1. The van der Waals surface area contributed by atoms with Gasteiger partial charge in [-0.1, -0.05) is 17.7 Å². The van der Waals surface area contributed by atoms with Gasteiger partial charge in [-0.05, 0) is 74.7 Å². The first-order valence-corrected chi connectivity index (χ1v) is 10.4. The normalized spacial score (nSPS) is 11.7. The van der Waals surface area contributed by atoms with Gasteiger partial charge in [-0.3, -0.25) is 0 Å². The highest BCUT2D eigenvalue weighted by atomic mass is 32.2. The number of aromatic nitrogens is 1. The van der Waals surface area contributed by atoms with Gasteiger partial charge >= 0.3 is 0 Å². The van der Waals surface area contributed by atoms with Gasteiger partial charge in [0.25, 0.3) is 0 Å². The average Bonchev–Trinajstić information content (AvgIpc) is 2.61. The van der Waals surface area contributed by atoms with Gasteiger partial charge < -0.3 is 5.32 Å². The van der Waals surface area contributed by atoms with Crippen LogP contribution in [-0.4, -0.2) is 26.5 Å². The molecule has 0 spiro atoms. The van der Waals surface area contributed by atoms with Crippen LogP contribution in [0.15, 0.2) is 47.4 Å². The highest BCUT2D eigenvalue weighted by Gasteiger charge is 2.13. The summed E-state index contributed by atoms with van der Waals surface area (Å²) in [5.74, 6) is 0.778. The van der Waals surface area contributed by atoms with Crippen molar-refractivity contribution in [2.24, 2.45) is 0 Å². The fourth-order valence-electron chi connectivity index (χ4n) is 2.89. The third-order valence-corrected chi connectivity index (χ3v) is 6.14. The van der Waals surface area contributed by atoms with Crippen LogP contribution in [0.5, 0.6) is 0 Å². The second-order valence-corrected chi connectivity index (χ2v) is 8.69. The Morgan fingerprint density at radius 1 is 0.852 bits per heavy atom. The van der Waals surface area contributed by atoms with E-state index in [1.165, 1.54) is 11.1 Å². The molecule has 0 radical (unpaired) electrons. The molecule has 3 rings (SSSR count). The third-order valence-electron chi connectivity index (χ3n) is 4.66. The Hall–Kier alpha value is -2.44. The second-order valence-electron chi connectivity index (χ2n) is 6.92. The zero-order valence-electron chi connectivity index (χ0n) is 16.1. The maximum atomic E-state index is 12.3. The standard InChI is InChI=1S/C21H25N3O2S/c1-14-5-7-19(8-6-14)27(25,26)23-10-9-22-21-17(4)12-18-11-15(2)16(3)13-20(18)24-21/h5-8,11-13,23H,9-10H2,1-4H3,(H,22,24). The molecular formula is C21H25N3O2S. The van der Waals surface area contributed by atoms with Crippen molar-refractivity contribution < 1.29 is 8.42 Å². The molecule has 1 aromatic heterocycles. The molecule has 0 saturated carbocycles. The molecular weight excluding hydrogens is 358 g/mol. The van der Waals surface area contributed by atoms with Gasteiger partial charge in [-0.15, -0.1) is 0 Å². The van der Waals surface area contributed by atoms with Crippen LogP contribution in [0.4, 0.5) is 5.82 Å². The SMILES string of the molecule is Cc1ccc(S(=O)(=O)NCCNc2nc3cc(C)c(C)cc3cc2C)cc1. The van der Waals surface area contributed by atoms with Gasteiger partial charge in [0.05, 0.1) is 10.4 Å². The lowest BCUT2D eigenvalue weighted by atomic mass is 10.1. The first kappa shape index (κ1) is 19.3. The molecule has 27 heavy (non-hydrogen) atoms. The lowest BCUT2D eigenvalue weighted by Gasteiger charge is -2.12. The fraction of sp³-hybridized carbons (Fsp3) is 0.286. The van der Waals surface area contributed by atoms with E-state index in [1.54, 1.807) is 24.3 Å². The monoisotopic (exact) mass is 383 g/mol. The summed E-state index contributed by atoms with van der Waals surface area (Å²) in [5.41, 5.74) is 5.45. The van der Waals surface area contributed by atoms with E-state index in [0.717, 1.165) is 27.8 Å². The van der Waals surface area contributed by atoms with Crippen molar-refractivity contribution in [1.29, 1.82) is 0 Å². The Morgan fingerprint density at radius 2 is 1.48 bits per heavy atom. The topological polar surface area (TPSA) is 71.1 Å². The van der Waals surface area contributed by atoms with Gasteiger partial charge in [0, 0.05) is 18.5 Å². The number of nitrogens with zero attached hydrogens (tertiary/aromatic N) is 1. The van der Waals surface area contributed by atoms with Crippen molar-refractivity contribution in [3.63, 3.8) is 0 Å². The van der Waals surface area contributed by atoms with Gasteiger partial charge in [0.1, 0.15) is 5.82 Å². The summed E-state index contributed by atoms with van der Waals surface area (Å²) >= 11 is 0. The van der Waals surface area contributed by atoms with E-state index in [1.807, 2.05) is 13.8 Å². The summed E-state index contributed by atoms with van der Waals surface area (Å²) in [7, 11) is -3.50. The van der Waals surface area contributed by atoms with Crippen molar-refractivity contribution >= 4 is 26.7 Å². The molecule has 0 bridgehead atoms. The van der Waals surface area contributed by atoms with Crippen LogP contribution in [0.3, 0.4) is 0 Å². The van der Waals surface area contributed by atoms with Gasteiger partial charge in [0.2, 0.25) is 10.0 Å². The van der Waals surface area contributed by atoms with Crippen molar-refractivity contribution in [2.75, 3.05) is 18.4 Å². The Labute approximate surface area is 160 Å². The molecule has 0 fully saturated rings. The predicted molar refractivity (Wildman–Crippen MR) is 111 cm³/mol. The van der Waals surface area contributed by atoms with Crippen molar-refractivity contribution in [2.45, 2.75) is 32.6 Å². The Morgan fingerprint density at radius 3 is 2.19 bits per heavy atom. The zero-order chi connectivity index (χ0) is 19.6. The molecule has 0 amide bonds. The fourth-order valence-corrected chi connectivity index (χ4v) is 3.92. The van der Waals surface area contributed by atoms with Gasteiger partial charge in [-0.2, -0.15) is 0 Å². The summed E-state index contributed by atoms with van der Waals surface area (Å²) in [6.45, 7) is 8.83. The van der Waals surface area contributed by atoms with Gasteiger partial charge in [-0.25, -0.2) is 18.1 Å². The minimum atomic E-state index is -3.50. The second kappa shape index (κ2) is 7.66. The van der Waals surface area contributed by atoms with Crippen LogP contribution in [0.2, 0.25) is 0 Å². The van der Waals surface area contributed by atoms with E-state index in [2.05, 4.69) is 42.1 Å². The Kier molecular flexibility index (Phi) is 5.48. The van der Waals surface area contributed by atoms with Crippen LogP contribution in [0, 0.1) is 27.7 Å². The number of nitrogens with one attached hydrogen (secondary N) is 2. The lowest BCUT2D eigenvalue weighted by molar-refractivity contribution is 0.583. The molecule has 0 aliphatic carbocycles. The minimum Gasteiger partial charge on any atom is -0.369 e. The predicted octanol–water partition coefficient (Wildman–Crippen LogP) is 3.86. The number of benzene rings is 2. The number of rotatable bonds is 6. The summed E-state index contributed by atoms with van der Waals surface area (Å²) in [4.78, 5) is 4.97. The van der Waals surface area contributed by atoms with E-state index in [9.17, 15) is 8.42 Å². The number of hydrogen-bond donors (Lipinski definition) is 2. The van der Waals surface area contributed by atoms with E-state index in [4.69, 9.17) is 4.98 Å². The Bertz CT molecular complexity index is 1070. The molecule has 0 atom stereocenters. The number of hydrogen-bond acceptors (Lipinski definition) is 4. The molecule has 0 aliphatic heterocycles. The molecule has 6 heteroatoms. The molecule has 2 aromatic carbocycles. The van der Waals surface area contributed by atoms with Crippen molar-refractivity contribution in [3.05, 3.63) is 64.7 Å². The van der Waals surface area contributed by atoms with E-state index < -0.39 is 10.0 Å². The lowest BCUT2D eigenvalue weighted by Crippen LogP contribution is -2.29. The van der Waals surface area contributed by atoms with Crippen LogP contribution in [-0.2, 0) is 10.0 Å². The largest absolute Gasteiger partial charge is 0.369 e. The van der Waals surface area contributed by atoms with Crippen LogP contribution < -0.4 is 10.0 Å². The smallest absolute Gasteiger partial charge is 0.240 e. The molecule has 0 aliphatic rings. The van der Waals surface area contributed by atoms with Crippen LogP contribution >= 0.6 is 0 Å². The van der Waals surface area contributed by atoms with E-state index >= 15 is 0 Å². The summed E-state index contributed by atoms with van der Waals surface area (Å²) < 4.78 is 27.2.